The Bertz CT molecular complexity index is 508. The van der Waals surface area contributed by atoms with Gasteiger partial charge in [-0.1, -0.05) is 13.8 Å². The molecule has 0 aliphatic carbocycles. The molecule has 110 valence electrons. The average molecular weight is 281 g/mol. The van der Waals surface area contributed by atoms with Crippen molar-refractivity contribution in [2.24, 2.45) is 5.41 Å². The Balaban J connectivity index is 2.86. The summed E-state index contributed by atoms with van der Waals surface area (Å²) >= 11 is 0. The summed E-state index contributed by atoms with van der Waals surface area (Å²) in [5.74, 6) is -2.01. The van der Waals surface area contributed by atoms with E-state index in [0.29, 0.717) is 12.8 Å². The quantitative estimate of drug-likeness (QED) is 0.594. The molecular formula is C14H19NO5. The molecule has 0 saturated heterocycles. The van der Waals surface area contributed by atoms with Gasteiger partial charge >= 0.3 is 5.97 Å². The highest BCUT2D eigenvalue weighted by atomic mass is 16.4. The second kappa shape index (κ2) is 6.27. The van der Waals surface area contributed by atoms with Crippen molar-refractivity contribution >= 4 is 11.9 Å². The lowest BCUT2D eigenvalue weighted by Crippen LogP contribution is -2.42. The Morgan fingerprint density at radius 1 is 1.20 bits per heavy atom. The molecule has 0 radical (unpaired) electrons. The summed E-state index contributed by atoms with van der Waals surface area (Å²) in [5, 5.41) is 30.6. The van der Waals surface area contributed by atoms with E-state index in [-0.39, 0.29) is 23.6 Å². The van der Waals surface area contributed by atoms with Crippen LogP contribution in [0.1, 0.15) is 37.0 Å². The minimum Gasteiger partial charge on any atom is -0.508 e. The Hall–Kier alpha value is -2.24. The molecule has 0 unspecified atom stereocenters. The number of benzene rings is 1. The third-order valence-corrected chi connectivity index (χ3v) is 3.62. The maximum Gasteiger partial charge on any atom is 0.311 e. The van der Waals surface area contributed by atoms with Crippen LogP contribution in [0, 0.1) is 5.41 Å². The summed E-state index contributed by atoms with van der Waals surface area (Å²) < 4.78 is 0. The SMILES string of the molecule is CCC(CC)(CNC(=O)c1cc(O)ccc1O)C(=O)O. The van der Waals surface area contributed by atoms with Crippen molar-refractivity contribution in [2.45, 2.75) is 26.7 Å². The summed E-state index contributed by atoms with van der Waals surface area (Å²) in [4.78, 5) is 23.3. The van der Waals surface area contributed by atoms with Crippen molar-refractivity contribution in [2.75, 3.05) is 6.54 Å². The van der Waals surface area contributed by atoms with E-state index in [4.69, 9.17) is 0 Å². The topological polar surface area (TPSA) is 107 Å². The lowest BCUT2D eigenvalue weighted by molar-refractivity contribution is -0.149. The van der Waals surface area contributed by atoms with Crippen LogP contribution in [0.5, 0.6) is 11.5 Å². The van der Waals surface area contributed by atoms with Crippen molar-refractivity contribution in [1.29, 1.82) is 0 Å². The van der Waals surface area contributed by atoms with Crippen molar-refractivity contribution in [1.82, 2.24) is 5.32 Å². The van der Waals surface area contributed by atoms with Crippen LogP contribution in [0.15, 0.2) is 18.2 Å². The van der Waals surface area contributed by atoms with Gasteiger partial charge in [-0.05, 0) is 31.0 Å². The number of nitrogens with one attached hydrogen (secondary N) is 1. The number of carbonyl (C=O) groups excluding carboxylic acids is 1. The number of carbonyl (C=O) groups is 2. The number of hydrogen-bond acceptors (Lipinski definition) is 4. The molecule has 6 heteroatoms. The first-order valence-corrected chi connectivity index (χ1v) is 6.40. The second-order valence-electron chi connectivity index (χ2n) is 4.68. The number of carboxylic acid groups (broad SMARTS) is 1. The maximum absolute atomic E-state index is 11.9. The first-order valence-electron chi connectivity index (χ1n) is 6.40. The summed E-state index contributed by atoms with van der Waals surface area (Å²) in [7, 11) is 0. The number of aromatic hydroxyl groups is 2. The van der Waals surface area contributed by atoms with E-state index >= 15 is 0 Å². The van der Waals surface area contributed by atoms with Gasteiger partial charge in [0.1, 0.15) is 11.5 Å². The highest BCUT2D eigenvalue weighted by Gasteiger charge is 2.35. The lowest BCUT2D eigenvalue weighted by atomic mass is 9.82. The molecule has 0 saturated carbocycles. The van der Waals surface area contributed by atoms with E-state index in [1.165, 1.54) is 12.1 Å². The molecule has 4 N–H and O–H groups in total. The number of phenolic OH excluding ortho intramolecular Hbond substituents is 2. The number of hydrogen-bond donors (Lipinski definition) is 4. The fourth-order valence-corrected chi connectivity index (χ4v) is 1.93. The number of rotatable bonds is 6. The molecule has 1 aromatic rings. The van der Waals surface area contributed by atoms with E-state index in [1.54, 1.807) is 13.8 Å². The molecular weight excluding hydrogens is 262 g/mol. The Morgan fingerprint density at radius 2 is 1.80 bits per heavy atom. The minimum absolute atomic E-state index is 0.0384. The largest absolute Gasteiger partial charge is 0.508 e. The molecule has 0 aliphatic rings. The van der Waals surface area contributed by atoms with Gasteiger partial charge in [0.2, 0.25) is 0 Å². The number of aliphatic carboxylic acids is 1. The summed E-state index contributed by atoms with van der Waals surface area (Å²) in [5.41, 5.74) is -1.11. The fraction of sp³-hybridized carbons (Fsp3) is 0.429. The third-order valence-electron chi connectivity index (χ3n) is 3.62. The van der Waals surface area contributed by atoms with Crippen molar-refractivity contribution in [3.8, 4) is 11.5 Å². The van der Waals surface area contributed by atoms with Crippen LogP contribution >= 0.6 is 0 Å². The third kappa shape index (κ3) is 3.20. The first kappa shape index (κ1) is 15.8. The van der Waals surface area contributed by atoms with Crippen molar-refractivity contribution in [3.05, 3.63) is 23.8 Å². The van der Waals surface area contributed by atoms with Crippen LogP contribution in [0.2, 0.25) is 0 Å². The van der Waals surface area contributed by atoms with Gasteiger partial charge in [0, 0.05) is 6.54 Å². The molecule has 0 spiro atoms. The summed E-state index contributed by atoms with van der Waals surface area (Å²) in [6.07, 6.45) is 0.760. The predicted octanol–water partition coefficient (Wildman–Crippen LogP) is 1.72. The van der Waals surface area contributed by atoms with Crippen LogP contribution < -0.4 is 5.32 Å². The Kier molecular flexibility index (Phi) is 4.96. The zero-order valence-corrected chi connectivity index (χ0v) is 11.5. The van der Waals surface area contributed by atoms with Crippen LogP contribution in [0.25, 0.3) is 0 Å². The number of phenols is 2. The minimum atomic E-state index is -1.03. The number of amides is 1. The molecule has 0 atom stereocenters. The first-order chi connectivity index (χ1) is 9.36. The van der Waals surface area contributed by atoms with Crippen LogP contribution in [0.3, 0.4) is 0 Å². The van der Waals surface area contributed by atoms with E-state index in [2.05, 4.69) is 5.32 Å². The maximum atomic E-state index is 11.9. The normalized spacial score (nSPS) is 11.1. The van der Waals surface area contributed by atoms with Crippen LogP contribution in [-0.4, -0.2) is 33.7 Å². The average Bonchev–Trinajstić information content (AvgIpc) is 2.42. The van der Waals surface area contributed by atoms with Gasteiger partial charge in [-0.3, -0.25) is 9.59 Å². The van der Waals surface area contributed by atoms with Crippen LogP contribution in [0.4, 0.5) is 0 Å². The van der Waals surface area contributed by atoms with Gasteiger partial charge in [-0.2, -0.15) is 0 Å². The van der Waals surface area contributed by atoms with Gasteiger partial charge < -0.3 is 20.6 Å². The second-order valence-corrected chi connectivity index (χ2v) is 4.68. The van der Waals surface area contributed by atoms with Gasteiger partial charge in [0.05, 0.1) is 11.0 Å². The van der Waals surface area contributed by atoms with Gasteiger partial charge in [-0.25, -0.2) is 0 Å². The predicted molar refractivity (Wildman–Crippen MR) is 72.8 cm³/mol. The van der Waals surface area contributed by atoms with Crippen molar-refractivity contribution < 1.29 is 24.9 Å². The monoisotopic (exact) mass is 281 g/mol. The molecule has 0 aromatic heterocycles. The molecule has 0 bridgehead atoms. The van der Waals surface area contributed by atoms with Gasteiger partial charge in [-0.15, -0.1) is 0 Å². The highest BCUT2D eigenvalue weighted by Crippen LogP contribution is 2.27. The van der Waals surface area contributed by atoms with E-state index in [9.17, 15) is 24.9 Å². The smallest absolute Gasteiger partial charge is 0.311 e. The van der Waals surface area contributed by atoms with Crippen molar-refractivity contribution in [3.63, 3.8) is 0 Å². The molecule has 1 rings (SSSR count). The molecule has 0 heterocycles. The van der Waals surface area contributed by atoms with E-state index in [0.717, 1.165) is 6.07 Å². The Labute approximate surface area is 117 Å². The lowest BCUT2D eigenvalue weighted by Gasteiger charge is -2.26. The van der Waals surface area contributed by atoms with Crippen LogP contribution in [-0.2, 0) is 4.79 Å². The molecule has 0 aliphatic heterocycles. The molecule has 6 nitrogen and oxygen atoms in total. The summed E-state index contributed by atoms with van der Waals surface area (Å²) in [6, 6.07) is 3.59. The summed E-state index contributed by atoms with van der Waals surface area (Å²) in [6.45, 7) is 3.45. The highest BCUT2D eigenvalue weighted by molar-refractivity contribution is 5.97. The van der Waals surface area contributed by atoms with Gasteiger partial charge in [0.15, 0.2) is 0 Å². The van der Waals surface area contributed by atoms with E-state index < -0.39 is 17.3 Å². The molecule has 1 amide bonds. The Morgan fingerprint density at radius 3 is 2.30 bits per heavy atom. The molecule has 20 heavy (non-hydrogen) atoms. The zero-order valence-electron chi connectivity index (χ0n) is 11.5. The molecule has 1 aromatic carbocycles. The standard InChI is InChI=1S/C14H19NO5/c1-3-14(4-2,13(19)20)8-15-12(18)10-7-9(16)5-6-11(10)17/h5-7,16-17H,3-4,8H2,1-2H3,(H,15,18)(H,19,20). The zero-order chi connectivity index (χ0) is 15.3. The van der Waals surface area contributed by atoms with E-state index in [1.807, 2.05) is 0 Å². The fourth-order valence-electron chi connectivity index (χ4n) is 1.93. The van der Waals surface area contributed by atoms with Gasteiger partial charge in [0.25, 0.3) is 5.91 Å². The molecule has 0 fully saturated rings. The number of carboxylic acids is 1.